The predicted octanol–water partition coefficient (Wildman–Crippen LogP) is 3.38. The zero-order chi connectivity index (χ0) is 13.1. The maximum absolute atomic E-state index is 12.1. The van der Waals surface area contributed by atoms with Gasteiger partial charge in [0, 0.05) is 10.5 Å². The number of halogens is 1. The summed E-state index contributed by atoms with van der Waals surface area (Å²) in [6.07, 6.45) is 2.48. The molecule has 1 aromatic carbocycles. The van der Waals surface area contributed by atoms with Crippen molar-refractivity contribution in [1.29, 1.82) is 0 Å². The minimum atomic E-state index is -0.0860. The molecule has 0 saturated heterocycles. The van der Waals surface area contributed by atoms with Crippen LogP contribution in [0.4, 0.5) is 0 Å². The Balaban J connectivity index is 2.13. The highest BCUT2D eigenvalue weighted by Crippen LogP contribution is 2.31. The van der Waals surface area contributed by atoms with E-state index >= 15 is 0 Å². The van der Waals surface area contributed by atoms with Crippen LogP contribution in [-0.2, 0) is 0 Å². The Morgan fingerprint density at radius 3 is 2.83 bits per heavy atom. The molecule has 0 atom stereocenters. The number of benzene rings is 1. The lowest BCUT2D eigenvalue weighted by atomic mass is 10.2. The van der Waals surface area contributed by atoms with Crippen molar-refractivity contribution in [3.8, 4) is 5.75 Å². The van der Waals surface area contributed by atoms with Gasteiger partial charge in [0.2, 0.25) is 0 Å². The largest absolute Gasteiger partial charge is 0.492 e. The number of carbonyl (C=O) groups is 1. The molecule has 0 aliphatic heterocycles. The number of hydrogen-bond acceptors (Lipinski definition) is 2. The van der Waals surface area contributed by atoms with Crippen molar-refractivity contribution in [2.75, 3.05) is 6.61 Å². The van der Waals surface area contributed by atoms with E-state index in [1.165, 1.54) is 12.8 Å². The third-order valence-corrected chi connectivity index (χ3v) is 3.27. The summed E-state index contributed by atoms with van der Waals surface area (Å²) in [6, 6.07) is 5.67. The third kappa shape index (κ3) is 3.73. The minimum Gasteiger partial charge on any atom is -0.492 e. The van der Waals surface area contributed by atoms with E-state index in [9.17, 15) is 4.79 Å². The fourth-order valence-electron chi connectivity index (χ4n) is 1.64. The number of amides is 1. The van der Waals surface area contributed by atoms with E-state index in [0.717, 1.165) is 4.47 Å². The molecule has 98 valence electrons. The van der Waals surface area contributed by atoms with Crippen molar-refractivity contribution in [3.63, 3.8) is 0 Å². The lowest BCUT2D eigenvalue weighted by Crippen LogP contribution is -2.30. The van der Waals surface area contributed by atoms with E-state index in [0.29, 0.717) is 23.8 Å². The van der Waals surface area contributed by atoms with Crippen LogP contribution in [0, 0.1) is 5.92 Å². The maximum atomic E-state index is 12.1. The Hall–Kier alpha value is -1.03. The van der Waals surface area contributed by atoms with E-state index in [1.54, 1.807) is 6.07 Å². The molecule has 0 heterocycles. The van der Waals surface area contributed by atoms with Gasteiger partial charge in [-0.3, -0.25) is 4.79 Å². The van der Waals surface area contributed by atoms with Gasteiger partial charge in [0.1, 0.15) is 5.75 Å². The molecule has 1 saturated carbocycles. The van der Waals surface area contributed by atoms with Crippen molar-refractivity contribution in [2.45, 2.75) is 32.7 Å². The van der Waals surface area contributed by atoms with E-state index in [-0.39, 0.29) is 11.9 Å². The third-order valence-electron chi connectivity index (χ3n) is 2.78. The van der Waals surface area contributed by atoms with Gasteiger partial charge in [-0.2, -0.15) is 0 Å². The van der Waals surface area contributed by atoms with Crippen LogP contribution < -0.4 is 10.1 Å². The van der Waals surface area contributed by atoms with E-state index < -0.39 is 0 Å². The average Bonchev–Trinajstić information content (AvgIpc) is 3.10. The fourth-order valence-corrected chi connectivity index (χ4v) is 2.00. The normalized spacial score (nSPS) is 14.7. The number of carbonyl (C=O) groups excluding carboxylic acids is 1. The van der Waals surface area contributed by atoms with Crippen LogP contribution in [0.2, 0.25) is 0 Å². The Labute approximate surface area is 116 Å². The molecule has 1 aliphatic carbocycles. The van der Waals surface area contributed by atoms with Crippen LogP contribution in [0.3, 0.4) is 0 Å². The molecule has 0 aromatic heterocycles. The molecule has 0 spiro atoms. The van der Waals surface area contributed by atoms with Gasteiger partial charge < -0.3 is 10.1 Å². The Kier molecular flexibility index (Phi) is 4.27. The number of nitrogens with one attached hydrogen (secondary N) is 1. The molecule has 1 amide bonds. The van der Waals surface area contributed by atoms with Crippen LogP contribution in [0.15, 0.2) is 22.7 Å². The van der Waals surface area contributed by atoms with Gasteiger partial charge in [0.15, 0.2) is 0 Å². The minimum absolute atomic E-state index is 0.0860. The van der Waals surface area contributed by atoms with E-state index in [2.05, 4.69) is 21.2 Å². The highest BCUT2D eigenvalue weighted by atomic mass is 79.9. The van der Waals surface area contributed by atoms with Crippen LogP contribution in [0.1, 0.15) is 37.0 Å². The second-order valence-electron chi connectivity index (χ2n) is 5.02. The summed E-state index contributed by atoms with van der Waals surface area (Å²) < 4.78 is 6.62. The maximum Gasteiger partial charge on any atom is 0.255 e. The second kappa shape index (κ2) is 5.74. The highest BCUT2D eigenvalue weighted by molar-refractivity contribution is 9.10. The second-order valence-corrected chi connectivity index (χ2v) is 5.94. The van der Waals surface area contributed by atoms with Crippen molar-refractivity contribution >= 4 is 21.8 Å². The van der Waals surface area contributed by atoms with Crippen molar-refractivity contribution in [2.24, 2.45) is 5.92 Å². The molecule has 3 nitrogen and oxygen atoms in total. The van der Waals surface area contributed by atoms with Crippen LogP contribution in [-0.4, -0.2) is 18.6 Å². The molecular formula is C14H18BrNO2. The number of hydrogen-bond donors (Lipinski definition) is 1. The molecular weight excluding hydrogens is 294 g/mol. The summed E-state index contributed by atoms with van der Waals surface area (Å²) in [4.78, 5) is 12.1. The van der Waals surface area contributed by atoms with E-state index in [1.807, 2.05) is 26.0 Å². The van der Waals surface area contributed by atoms with Gasteiger partial charge in [-0.1, -0.05) is 15.9 Å². The summed E-state index contributed by atoms with van der Waals surface area (Å²) >= 11 is 3.39. The van der Waals surface area contributed by atoms with Gasteiger partial charge in [0.25, 0.3) is 5.91 Å². The van der Waals surface area contributed by atoms with Crippen molar-refractivity contribution in [3.05, 3.63) is 28.2 Å². The van der Waals surface area contributed by atoms with E-state index in [4.69, 9.17) is 4.74 Å². The Bertz CT molecular complexity index is 441. The monoisotopic (exact) mass is 311 g/mol. The zero-order valence-corrected chi connectivity index (χ0v) is 12.3. The average molecular weight is 312 g/mol. The molecule has 4 heteroatoms. The molecule has 2 rings (SSSR count). The van der Waals surface area contributed by atoms with Crippen molar-refractivity contribution in [1.82, 2.24) is 5.32 Å². The summed E-state index contributed by atoms with van der Waals surface area (Å²) in [6.45, 7) is 4.60. The standard InChI is InChI=1S/C14H18BrNO2/c1-9(2)16-14(17)12-7-11(15)5-6-13(12)18-8-10-3-4-10/h5-7,9-10H,3-4,8H2,1-2H3,(H,16,17). The number of rotatable bonds is 5. The first-order valence-corrected chi connectivity index (χ1v) is 7.09. The van der Waals surface area contributed by atoms with Crippen LogP contribution in [0.5, 0.6) is 5.75 Å². The van der Waals surface area contributed by atoms with Crippen LogP contribution >= 0.6 is 15.9 Å². The summed E-state index contributed by atoms with van der Waals surface area (Å²) in [5.41, 5.74) is 0.596. The SMILES string of the molecule is CC(C)NC(=O)c1cc(Br)ccc1OCC1CC1. The Morgan fingerprint density at radius 2 is 2.22 bits per heavy atom. The highest BCUT2D eigenvalue weighted by Gasteiger charge is 2.23. The quantitative estimate of drug-likeness (QED) is 0.905. The first-order valence-electron chi connectivity index (χ1n) is 6.29. The molecule has 0 unspecified atom stereocenters. The lowest BCUT2D eigenvalue weighted by Gasteiger charge is -2.13. The van der Waals surface area contributed by atoms with Gasteiger partial charge in [-0.05, 0) is 50.8 Å². The molecule has 1 aromatic rings. The van der Waals surface area contributed by atoms with Crippen molar-refractivity contribution < 1.29 is 9.53 Å². The Morgan fingerprint density at radius 1 is 1.50 bits per heavy atom. The molecule has 18 heavy (non-hydrogen) atoms. The fraction of sp³-hybridized carbons (Fsp3) is 0.500. The lowest BCUT2D eigenvalue weighted by molar-refractivity contribution is 0.0938. The van der Waals surface area contributed by atoms with Gasteiger partial charge in [-0.15, -0.1) is 0 Å². The molecule has 1 N–H and O–H groups in total. The molecule has 0 radical (unpaired) electrons. The first kappa shape index (κ1) is 13.4. The molecule has 1 fully saturated rings. The number of ether oxygens (including phenoxy) is 1. The zero-order valence-electron chi connectivity index (χ0n) is 10.7. The van der Waals surface area contributed by atoms with Gasteiger partial charge >= 0.3 is 0 Å². The summed E-state index contributed by atoms with van der Waals surface area (Å²) in [5, 5.41) is 2.89. The predicted molar refractivity (Wildman–Crippen MR) is 75.0 cm³/mol. The topological polar surface area (TPSA) is 38.3 Å². The van der Waals surface area contributed by atoms with Gasteiger partial charge in [0.05, 0.1) is 12.2 Å². The summed E-state index contributed by atoms with van der Waals surface area (Å²) in [5.74, 6) is 1.26. The van der Waals surface area contributed by atoms with Gasteiger partial charge in [-0.25, -0.2) is 0 Å². The molecule has 0 bridgehead atoms. The molecule has 1 aliphatic rings. The smallest absolute Gasteiger partial charge is 0.255 e. The summed E-state index contributed by atoms with van der Waals surface area (Å²) in [7, 11) is 0. The van der Waals surface area contributed by atoms with Crippen LogP contribution in [0.25, 0.3) is 0 Å². The first-order chi connectivity index (χ1) is 8.56.